The summed E-state index contributed by atoms with van der Waals surface area (Å²) in [6.45, 7) is 8.82. The number of nitrogens with one attached hydrogen (secondary N) is 1. The molecule has 0 aromatic carbocycles. The van der Waals surface area contributed by atoms with Gasteiger partial charge in [0.15, 0.2) is 0 Å². The van der Waals surface area contributed by atoms with Crippen LogP contribution in [0.4, 0.5) is 0 Å². The van der Waals surface area contributed by atoms with Gasteiger partial charge in [-0.15, -0.1) is 12.4 Å². The molecule has 0 aromatic rings. The van der Waals surface area contributed by atoms with Crippen LogP contribution in [0.5, 0.6) is 0 Å². The zero-order chi connectivity index (χ0) is 14.2. The van der Waals surface area contributed by atoms with Crippen LogP contribution in [-0.4, -0.2) is 13.1 Å². The topological polar surface area (TPSA) is 12.0 Å². The smallest absolute Gasteiger partial charge is 0.0137 e. The van der Waals surface area contributed by atoms with Gasteiger partial charge in [-0.3, -0.25) is 0 Å². The largest absolute Gasteiger partial charge is 0.313 e. The number of rotatable bonds is 14. The second-order valence-electron chi connectivity index (χ2n) is 6.02. The van der Waals surface area contributed by atoms with Crippen molar-refractivity contribution in [2.75, 3.05) is 13.1 Å². The SMILES string of the molecule is CCCCCCCCCCCCCNCC=C(C)C.Cl. The minimum atomic E-state index is 0. The van der Waals surface area contributed by atoms with Crippen molar-refractivity contribution >= 4 is 12.4 Å². The Hall–Kier alpha value is -0.0100. The van der Waals surface area contributed by atoms with Crippen molar-refractivity contribution in [3.05, 3.63) is 11.6 Å². The van der Waals surface area contributed by atoms with Gasteiger partial charge in [-0.2, -0.15) is 0 Å². The molecule has 0 atom stereocenters. The highest BCUT2D eigenvalue weighted by Gasteiger charge is 1.92. The van der Waals surface area contributed by atoms with Gasteiger partial charge in [0.2, 0.25) is 0 Å². The van der Waals surface area contributed by atoms with Crippen LogP contribution in [0.2, 0.25) is 0 Å². The van der Waals surface area contributed by atoms with Crippen molar-refractivity contribution in [2.24, 2.45) is 0 Å². The molecule has 0 aliphatic heterocycles. The zero-order valence-electron chi connectivity index (χ0n) is 14.2. The first kappa shape index (κ1) is 22.3. The summed E-state index contributed by atoms with van der Waals surface area (Å²) in [5, 5.41) is 3.47. The first-order chi connectivity index (χ1) is 9.27. The molecule has 0 aliphatic rings. The first-order valence-electron chi connectivity index (χ1n) is 8.61. The molecule has 0 heterocycles. The number of hydrogen-bond donors (Lipinski definition) is 1. The summed E-state index contributed by atoms with van der Waals surface area (Å²) in [5.41, 5.74) is 1.41. The number of unbranched alkanes of at least 4 members (excludes halogenated alkanes) is 10. The number of halogens is 1. The Balaban J connectivity index is 0. The molecule has 0 spiro atoms. The van der Waals surface area contributed by atoms with Crippen LogP contribution in [-0.2, 0) is 0 Å². The molecule has 0 fully saturated rings. The monoisotopic (exact) mass is 303 g/mol. The molecule has 1 N–H and O–H groups in total. The van der Waals surface area contributed by atoms with E-state index in [1.54, 1.807) is 0 Å². The van der Waals surface area contributed by atoms with E-state index in [9.17, 15) is 0 Å². The van der Waals surface area contributed by atoms with Crippen LogP contribution in [0.15, 0.2) is 11.6 Å². The molecule has 0 bridgehead atoms. The van der Waals surface area contributed by atoms with Crippen LogP contribution >= 0.6 is 12.4 Å². The third-order valence-corrected chi connectivity index (χ3v) is 3.61. The van der Waals surface area contributed by atoms with Crippen molar-refractivity contribution in [1.82, 2.24) is 5.32 Å². The van der Waals surface area contributed by atoms with E-state index in [0.29, 0.717) is 0 Å². The normalized spacial score (nSPS) is 10.2. The Bertz CT molecular complexity index is 198. The molecule has 0 radical (unpaired) electrons. The summed E-state index contributed by atoms with van der Waals surface area (Å²) in [7, 11) is 0. The summed E-state index contributed by atoms with van der Waals surface area (Å²) >= 11 is 0. The maximum Gasteiger partial charge on any atom is 0.0137 e. The third-order valence-electron chi connectivity index (χ3n) is 3.61. The fraction of sp³-hybridized carbons (Fsp3) is 0.889. The molecular weight excluding hydrogens is 266 g/mol. The van der Waals surface area contributed by atoms with Crippen LogP contribution in [0.3, 0.4) is 0 Å². The van der Waals surface area contributed by atoms with E-state index in [4.69, 9.17) is 0 Å². The fourth-order valence-electron chi connectivity index (χ4n) is 2.29. The van der Waals surface area contributed by atoms with Crippen LogP contribution < -0.4 is 5.32 Å². The molecule has 0 aromatic heterocycles. The van der Waals surface area contributed by atoms with Crippen molar-refractivity contribution in [3.8, 4) is 0 Å². The number of hydrogen-bond acceptors (Lipinski definition) is 1. The average Bonchev–Trinajstić information content (AvgIpc) is 2.39. The van der Waals surface area contributed by atoms with Crippen LogP contribution in [0, 0.1) is 0 Å². The minimum absolute atomic E-state index is 0. The Morgan fingerprint density at radius 2 is 1.20 bits per heavy atom. The van der Waals surface area contributed by atoms with E-state index in [-0.39, 0.29) is 12.4 Å². The Kier molecular flexibility index (Phi) is 21.1. The second kappa shape index (κ2) is 19.0. The summed E-state index contributed by atoms with van der Waals surface area (Å²) in [4.78, 5) is 0. The summed E-state index contributed by atoms with van der Waals surface area (Å²) in [6, 6.07) is 0. The van der Waals surface area contributed by atoms with E-state index >= 15 is 0 Å². The van der Waals surface area contributed by atoms with Gasteiger partial charge in [0.1, 0.15) is 0 Å². The molecule has 2 heteroatoms. The predicted molar refractivity (Wildman–Crippen MR) is 96.0 cm³/mol. The van der Waals surface area contributed by atoms with Crippen molar-refractivity contribution < 1.29 is 0 Å². The van der Waals surface area contributed by atoms with Crippen molar-refractivity contribution in [1.29, 1.82) is 0 Å². The van der Waals surface area contributed by atoms with Gasteiger partial charge in [0.05, 0.1) is 0 Å². The van der Waals surface area contributed by atoms with E-state index in [1.807, 2.05) is 0 Å². The van der Waals surface area contributed by atoms with Gasteiger partial charge in [-0.05, 0) is 26.8 Å². The highest BCUT2D eigenvalue weighted by atomic mass is 35.5. The maximum absolute atomic E-state index is 3.47. The zero-order valence-corrected chi connectivity index (χ0v) is 15.0. The van der Waals surface area contributed by atoms with Gasteiger partial charge in [0, 0.05) is 6.54 Å². The van der Waals surface area contributed by atoms with Gasteiger partial charge in [0.25, 0.3) is 0 Å². The standard InChI is InChI=1S/C18H37N.ClH/c1-4-5-6-7-8-9-10-11-12-13-14-16-19-17-15-18(2)3;/h15,19H,4-14,16-17H2,1-3H3;1H. The van der Waals surface area contributed by atoms with E-state index in [0.717, 1.165) is 6.54 Å². The van der Waals surface area contributed by atoms with Gasteiger partial charge >= 0.3 is 0 Å². The molecule has 122 valence electrons. The average molecular weight is 304 g/mol. The highest BCUT2D eigenvalue weighted by Crippen LogP contribution is 2.10. The lowest BCUT2D eigenvalue weighted by atomic mass is 10.1. The van der Waals surface area contributed by atoms with E-state index in [2.05, 4.69) is 32.2 Å². The number of allylic oxidation sites excluding steroid dienone is 1. The molecule has 0 rings (SSSR count). The minimum Gasteiger partial charge on any atom is -0.313 e. The molecule has 0 unspecified atom stereocenters. The lowest BCUT2D eigenvalue weighted by Crippen LogP contribution is -2.15. The van der Waals surface area contributed by atoms with Gasteiger partial charge in [-0.25, -0.2) is 0 Å². The van der Waals surface area contributed by atoms with Gasteiger partial charge in [-0.1, -0.05) is 82.8 Å². The Morgan fingerprint density at radius 3 is 1.65 bits per heavy atom. The second-order valence-corrected chi connectivity index (χ2v) is 6.02. The van der Waals surface area contributed by atoms with Crippen molar-refractivity contribution in [2.45, 2.75) is 91.4 Å². The molecule has 20 heavy (non-hydrogen) atoms. The molecule has 0 aliphatic carbocycles. The summed E-state index contributed by atoms with van der Waals surface area (Å²) in [6.07, 6.45) is 18.0. The van der Waals surface area contributed by atoms with Crippen LogP contribution in [0.25, 0.3) is 0 Å². The Morgan fingerprint density at radius 1 is 0.750 bits per heavy atom. The first-order valence-corrected chi connectivity index (χ1v) is 8.61. The predicted octanol–water partition coefficient (Wildman–Crippen LogP) is 6.28. The Labute approximate surface area is 134 Å². The maximum atomic E-state index is 3.47. The molecule has 0 amide bonds. The molecule has 0 saturated heterocycles. The molecule has 1 nitrogen and oxygen atoms in total. The quantitative estimate of drug-likeness (QED) is 0.294. The molecular formula is C18H38ClN. The van der Waals surface area contributed by atoms with Crippen molar-refractivity contribution in [3.63, 3.8) is 0 Å². The van der Waals surface area contributed by atoms with Gasteiger partial charge < -0.3 is 5.32 Å². The van der Waals surface area contributed by atoms with Crippen LogP contribution in [0.1, 0.15) is 91.4 Å². The lowest BCUT2D eigenvalue weighted by Gasteiger charge is -2.03. The fourth-order valence-corrected chi connectivity index (χ4v) is 2.29. The summed E-state index contributed by atoms with van der Waals surface area (Å²) in [5.74, 6) is 0. The van der Waals surface area contributed by atoms with E-state index < -0.39 is 0 Å². The summed E-state index contributed by atoms with van der Waals surface area (Å²) < 4.78 is 0. The third kappa shape index (κ3) is 20.3. The highest BCUT2D eigenvalue weighted by molar-refractivity contribution is 5.85. The lowest BCUT2D eigenvalue weighted by molar-refractivity contribution is 0.543. The molecule has 0 saturated carbocycles. The van der Waals surface area contributed by atoms with E-state index in [1.165, 1.54) is 82.7 Å².